The van der Waals surface area contributed by atoms with Gasteiger partial charge in [0.2, 0.25) is 0 Å². The van der Waals surface area contributed by atoms with Crippen molar-refractivity contribution in [2.75, 3.05) is 0 Å². The maximum Gasteiger partial charge on any atom is 0.129 e. The second-order valence-corrected chi connectivity index (χ2v) is 6.83. The lowest BCUT2D eigenvalue weighted by Gasteiger charge is -2.32. The van der Waals surface area contributed by atoms with Gasteiger partial charge in [0.05, 0.1) is 0 Å². The highest BCUT2D eigenvalue weighted by Gasteiger charge is 2.31. The van der Waals surface area contributed by atoms with E-state index in [1.807, 2.05) is 32.0 Å². The first kappa shape index (κ1) is 15.2. The van der Waals surface area contributed by atoms with Crippen LogP contribution in [0, 0.1) is 19.7 Å². The lowest BCUT2D eigenvalue weighted by Crippen LogP contribution is -2.23. The Hall–Kier alpha value is -1.15. The number of hydrogen-bond acceptors (Lipinski definition) is 0. The fourth-order valence-corrected chi connectivity index (χ4v) is 3.09. The highest BCUT2D eigenvalue weighted by molar-refractivity contribution is 9.09. The largest absolute Gasteiger partial charge is 0.206 e. The standard InChI is InChI=1S/C18H20BrF/c1-12-10-14(11-13(2)16(12)20)17(19)18(3,4)15-8-6-5-7-9-15/h5-11,17H,1-4H3. The molecule has 2 aromatic rings. The molecule has 0 radical (unpaired) electrons. The van der Waals surface area contributed by atoms with Crippen molar-refractivity contribution in [3.05, 3.63) is 70.5 Å². The summed E-state index contributed by atoms with van der Waals surface area (Å²) in [5.41, 5.74) is 3.72. The number of halogens is 2. The molecule has 0 saturated carbocycles. The van der Waals surface area contributed by atoms with Gasteiger partial charge in [0.1, 0.15) is 5.82 Å². The highest BCUT2D eigenvalue weighted by atomic mass is 79.9. The van der Waals surface area contributed by atoms with Gasteiger partial charge in [-0.3, -0.25) is 0 Å². The van der Waals surface area contributed by atoms with Gasteiger partial charge in [-0.2, -0.15) is 0 Å². The van der Waals surface area contributed by atoms with Gasteiger partial charge in [0.15, 0.2) is 0 Å². The van der Waals surface area contributed by atoms with E-state index in [-0.39, 0.29) is 16.1 Å². The summed E-state index contributed by atoms with van der Waals surface area (Å²) >= 11 is 3.81. The van der Waals surface area contributed by atoms with Crippen molar-refractivity contribution in [2.24, 2.45) is 0 Å². The second kappa shape index (κ2) is 5.69. The molecule has 1 atom stereocenters. The Bertz CT molecular complexity index is 579. The van der Waals surface area contributed by atoms with Crippen LogP contribution in [0.5, 0.6) is 0 Å². The molecule has 2 rings (SSSR count). The summed E-state index contributed by atoms with van der Waals surface area (Å²) in [4.78, 5) is 0.135. The van der Waals surface area contributed by atoms with E-state index in [2.05, 4.69) is 54.0 Å². The number of aryl methyl sites for hydroxylation is 2. The maximum absolute atomic E-state index is 13.8. The van der Waals surface area contributed by atoms with Crippen molar-refractivity contribution in [1.29, 1.82) is 0 Å². The number of hydrogen-bond donors (Lipinski definition) is 0. The fourth-order valence-electron chi connectivity index (χ4n) is 2.56. The first-order valence-corrected chi connectivity index (χ1v) is 7.72. The summed E-state index contributed by atoms with van der Waals surface area (Å²) < 4.78 is 13.8. The molecule has 0 bridgehead atoms. The van der Waals surface area contributed by atoms with Crippen molar-refractivity contribution >= 4 is 15.9 Å². The van der Waals surface area contributed by atoms with Crippen LogP contribution in [0.4, 0.5) is 4.39 Å². The molecule has 0 fully saturated rings. The Morgan fingerprint density at radius 1 is 1.00 bits per heavy atom. The molecular weight excluding hydrogens is 315 g/mol. The van der Waals surface area contributed by atoms with Crippen LogP contribution in [0.3, 0.4) is 0 Å². The highest BCUT2D eigenvalue weighted by Crippen LogP contribution is 2.43. The van der Waals surface area contributed by atoms with E-state index < -0.39 is 0 Å². The minimum Gasteiger partial charge on any atom is -0.206 e. The molecule has 0 aliphatic heterocycles. The third-order valence-corrected chi connectivity index (χ3v) is 5.58. The van der Waals surface area contributed by atoms with Crippen molar-refractivity contribution in [2.45, 2.75) is 37.9 Å². The predicted molar refractivity (Wildman–Crippen MR) is 87.0 cm³/mol. The molecule has 0 aliphatic rings. The summed E-state index contributed by atoms with van der Waals surface area (Å²) in [6.45, 7) is 8.05. The Kier molecular flexibility index (Phi) is 4.33. The zero-order chi connectivity index (χ0) is 14.9. The zero-order valence-corrected chi connectivity index (χ0v) is 14.0. The van der Waals surface area contributed by atoms with Crippen LogP contribution >= 0.6 is 15.9 Å². The molecule has 0 heterocycles. The first-order chi connectivity index (χ1) is 9.34. The fraction of sp³-hybridized carbons (Fsp3) is 0.333. The molecule has 0 aliphatic carbocycles. The topological polar surface area (TPSA) is 0 Å². The normalized spacial score (nSPS) is 13.3. The van der Waals surface area contributed by atoms with Crippen LogP contribution in [-0.4, -0.2) is 0 Å². The molecule has 1 unspecified atom stereocenters. The molecule has 0 aromatic heterocycles. The van der Waals surface area contributed by atoms with E-state index in [0.717, 1.165) is 5.56 Å². The van der Waals surface area contributed by atoms with Crippen LogP contribution in [0.1, 0.15) is 40.9 Å². The quantitative estimate of drug-likeness (QED) is 0.617. The molecule has 20 heavy (non-hydrogen) atoms. The van der Waals surface area contributed by atoms with E-state index in [0.29, 0.717) is 11.1 Å². The minimum atomic E-state index is -0.106. The molecule has 0 amide bonds. The molecule has 106 valence electrons. The van der Waals surface area contributed by atoms with Crippen molar-refractivity contribution < 1.29 is 4.39 Å². The van der Waals surface area contributed by atoms with Crippen LogP contribution in [0.2, 0.25) is 0 Å². The van der Waals surface area contributed by atoms with Gasteiger partial charge in [-0.25, -0.2) is 4.39 Å². The molecule has 0 saturated heterocycles. The van der Waals surface area contributed by atoms with Crippen LogP contribution in [0.15, 0.2) is 42.5 Å². The van der Waals surface area contributed by atoms with E-state index >= 15 is 0 Å². The Morgan fingerprint density at radius 2 is 1.50 bits per heavy atom. The monoisotopic (exact) mass is 334 g/mol. The van der Waals surface area contributed by atoms with Gasteiger partial charge in [0, 0.05) is 10.2 Å². The smallest absolute Gasteiger partial charge is 0.129 e. The molecule has 2 heteroatoms. The Morgan fingerprint density at radius 3 is 2.00 bits per heavy atom. The second-order valence-electron chi connectivity index (χ2n) is 5.92. The molecule has 0 spiro atoms. The number of rotatable bonds is 3. The van der Waals surface area contributed by atoms with Gasteiger partial charge in [-0.1, -0.05) is 72.2 Å². The van der Waals surface area contributed by atoms with E-state index in [4.69, 9.17) is 0 Å². The zero-order valence-electron chi connectivity index (χ0n) is 12.4. The van der Waals surface area contributed by atoms with E-state index in [9.17, 15) is 4.39 Å². The summed E-state index contributed by atoms with van der Waals surface area (Å²) in [5.74, 6) is -0.106. The van der Waals surface area contributed by atoms with Crippen LogP contribution in [0.25, 0.3) is 0 Å². The van der Waals surface area contributed by atoms with Gasteiger partial charge in [0.25, 0.3) is 0 Å². The van der Waals surface area contributed by atoms with Gasteiger partial charge < -0.3 is 0 Å². The van der Waals surface area contributed by atoms with Gasteiger partial charge in [-0.05, 0) is 36.1 Å². The average molecular weight is 335 g/mol. The van der Waals surface area contributed by atoms with Crippen molar-refractivity contribution in [3.63, 3.8) is 0 Å². The molecule has 2 aromatic carbocycles. The van der Waals surface area contributed by atoms with Crippen molar-refractivity contribution in [3.8, 4) is 0 Å². The SMILES string of the molecule is Cc1cc(C(Br)C(C)(C)c2ccccc2)cc(C)c1F. The summed E-state index contributed by atoms with van der Waals surface area (Å²) in [6, 6.07) is 14.3. The molecule has 0 N–H and O–H groups in total. The Balaban J connectivity index is 2.43. The third-order valence-electron chi connectivity index (χ3n) is 3.90. The maximum atomic E-state index is 13.8. The van der Waals surface area contributed by atoms with Gasteiger partial charge in [-0.15, -0.1) is 0 Å². The Labute approximate surface area is 129 Å². The summed E-state index contributed by atoms with van der Waals surface area (Å²) in [5, 5.41) is 0. The number of benzene rings is 2. The molecular formula is C18H20BrF. The van der Waals surface area contributed by atoms with Crippen LogP contribution < -0.4 is 0 Å². The third kappa shape index (κ3) is 2.80. The lowest BCUT2D eigenvalue weighted by atomic mass is 9.78. The van der Waals surface area contributed by atoms with Gasteiger partial charge >= 0.3 is 0 Å². The lowest BCUT2D eigenvalue weighted by molar-refractivity contribution is 0.516. The van der Waals surface area contributed by atoms with Crippen molar-refractivity contribution in [1.82, 2.24) is 0 Å². The molecule has 0 nitrogen and oxygen atoms in total. The van der Waals surface area contributed by atoms with Crippen LogP contribution in [-0.2, 0) is 5.41 Å². The average Bonchev–Trinajstić information content (AvgIpc) is 2.44. The minimum absolute atomic E-state index is 0.0715. The van der Waals surface area contributed by atoms with E-state index in [1.165, 1.54) is 5.56 Å². The van der Waals surface area contributed by atoms with E-state index in [1.54, 1.807) is 0 Å². The summed E-state index contributed by atoms with van der Waals surface area (Å²) in [6.07, 6.45) is 0. The first-order valence-electron chi connectivity index (χ1n) is 6.80. The number of alkyl halides is 1. The predicted octanol–water partition coefficient (Wildman–Crippen LogP) is 5.86. The summed E-state index contributed by atoms with van der Waals surface area (Å²) in [7, 11) is 0.